The lowest BCUT2D eigenvalue weighted by molar-refractivity contribution is 0.140. The number of hydrogen-bond donors (Lipinski definition) is 2. The van der Waals surface area contributed by atoms with Crippen LogP contribution in [0.5, 0.6) is 0 Å². The second kappa shape index (κ2) is 4.31. The summed E-state index contributed by atoms with van der Waals surface area (Å²) in [7, 11) is 0. The molecule has 4 nitrogen and oxygen atoms in total. The van der Waals surface area contributed by atoms with Gasteiger partial charge in [0.05, 0.1) is 6.04 Å². The Labute approximate surface area is 66.3 Å². The molecule has 1 aliphatic heterocycles. The molecule has 1 aliphatic rings. The van der Waals surface area contributed by atoms with Crippen molar-refractivity contribution in [2.75, 3.05) is 19.6 Å². The Morgan fingerprint density at radius 1 is 1.64 bits per heavy atom. The average molecular weight is 157 g/mol. The van der Waals surface area contributed by atoms with E-state index in [2.05, 4.69) is 15.4 Å². The van der Waals surface area contributed by atoms with Crippen LogP contribution in [0.4, 0.5) is 0 Å². The molecule has 63 valence electrons. The Morgan fingerprint density at radius 2 is 2.45 bits per heavy atom. The van der Waals surface area contributed by atoms with Crippen LogP contribution in [0.25, 0.3) is 0 Å². The summed E-state index contributed by atoms with van der Waals surface area (Å²) in [4.78, 5) is 9.86. The molecule has 4 heteroatoms. The van der Waals surface area contributed by atoms with Gasteiger partial charge in [-0.15, -0.1) is 0 Å². The zero-order chi connectivity index (χ0) is 8.10. The Bertz CT molecular complexity index is 124. The van der Waals surface area contributed by atoms with Gasteiger partial charge in [-0.3, -0.25) is 0 Å². The molecule has 0 spiro atoms. The maximum absolute atomic E-state index is 9.86. The van der Waals surface area contributed by atoms with Crippen molar-refractivity contribution in [2.24, 2.45) is 0 Å². The maximum atomic E-state index is 9.86. The van der Waals surface area contributed by atoms with Gasteiger partial charge in [-0.25, -0.2) is 4.79 Å². The molecule has 0 aromatic heterocycles. The first-order valence-corrected chi connectivity index (χ1v) is 3.81. The molecular weight excluding hydrogens is 144 g/mol. The summed E-state index contributed by atoms with van der Waals surface area (Å²) >= 11 is 0. The van der Waals surface area contributed by atoms with Crippen LogP contribution in [0.2, 0.25) is 0 Å². The zero-order valence-corrected chi connectivity index (χ0v) is 6.59. The van der Waals surface area contributed by atoms with Crippen molar-refractivity contribution in [1.29, 1.82) is 0 Å². The molecule has 1 radical (unpaired) electrons. The highest BCUT2D eigenvalue weighted by Crippen LogP contribution is 1.98. The van der Waals surface area contributed by atoms with Crippen LogP contribution in [0, 0.1) is 0 Å². The van der Waals surface area contributed by atoms with Gasteiger partial charge in [0, 0.05) is 19.6 Å². The third kappa shape index (κ3) is 2.48. The first kappa shape index (κ1) is 8.49. The minimum Gasteiger partial charge on any atom is -0.453 e. The Kier molecular flexibility index (Phi) is 3.32. The Morgan fingerprint density at radius 3 is 3.00 bits per heavy atom. The molecule has 0 aliphatic carbocycles. The number of ether oxygens (including phenoxy) is 1. The van der Waals surface area contributed by atoms with Crippen molar-refractivity contribution >= 4 is 6.47 Å². The number of nitrogens with one attached hydrogen (secondary N) is 2. The first-order valence-electron chi connectivity index (χ1n) is 3.81. The highest BCUT2D eigenvalue weighted by Gasteiger charge is 2.19. The number of piperazine rings is 1. The van der Waals surface area contributed by atoms with E-state index in [4.69, 9.17) is 0 Å². The Hall–Kier alpha value is -0.610. The van der Waals surface area contributed by atoms with Gasteiger partial charge >= 0.3 is 6.47 Å². The number of rotatable bonds is 3. The van der Waals surface area contributed by atoms with Crippen molar-refractivity contribution in [3.05, 3.63) is 0 Å². The van der Waals surface area contributed by atoms with Crippen molar-refractivity contribution in [3.8, 4) is 0 Å². The quantitative estimate of drug-likeness (QED) is 0.553. The first-order chi connectivity index (χ1) is 5.34. The number of carbonyl (C=O) groups excluding carboxylic acids is 1. The molecule has 2 N–H and O–H groups in total. The second-order valence-corrected chi connectivity index (χ2v) is 2.67. The van der Waals surface area contributed by atoms with E-state index in [1.807, 2.05) is 6.92 Å². The van der Waals surface area contributed by atoms with Crippen molar-refractivity contribution in [1.82, 2.24) is 10.6 Å². The lowest BCUT2D eigenvalue weighted by atomic mass is 10.1. The SMILES string of the molecule is CC(O[C]=O)C1CNCCN1. The summed E-state index contributed by atoms with van der Waals surface area (Å²) in [5, 5.41) is 6.44. The molecule has 1 saturated heterocycles. The summed E-state index contributed by atoms with van der Waals surface area (Å²) < 4.78 is 4.67. The molecule has 1 rings (SSSR count). The fourth-order valence-corrected chi connectivity index (χ4v) is 1.17. The molecule has 0 aromatic carbocycles. The van der Waals surface area contributed by atoms with Gasteiger partial charge in [-0.2, -0.15) is 0 Å². The molecule has 0 amide bonds. The summed E-state index contributed by atoms with van der Waals surface area (Å²) in [6.07, 6.45) is -0.0969. The molecular formula is C7H13N2O2. The lowest BCUT2D eigenvalue weighted by Crippen LogP contribution is -2.53. The lowest BCUT2D eigenvalue weighted by Gasteiger charge is -2.27. The van der Waals surface area contributed by atoms with Gasteiger partial charge in [-0.05, 0) is 6.92 Å². The molecule has 2 unspecified atom stereocenters. The van der Waals surface area contributed by atoms with Crippen LogP contribution in [0.3, 0.4) is 0 Å². The standard InChI is InChI=1S/C7H13N2O2/c1-6(11-5-10)7-4-8-2-3-9-7/h6-9H,2-4H2,1H3. The predicted molar refractivity (Wildman–Crippen MR) is 40.9 cm³/mol. The molecule has 0 aromatic rings. The van der Waals surface area contributed by atoms with Crippen LogP contribution in [0.1, 0.15) is 6.92 Å². The van der Waals surface area contributed by atoms with Crippen molar-refractivity contribution in [2.45, 2.75) is 19.1 Å². The van der Waals surface area contributed by atoms with Crippen molar-refractivity contribution < 1.29 is 9.53 Å². The molecule has 0 bridgehead atoms. The normalized spacial score (nSPS) is 27.5. The van der Waals surface area contributed by atoms with Gasteiger partial charge < -0.3 is 15.4 Å². The smallest absolute Gasteiger partial charge is 0.417 e. The van der Waals surface area contributed by atoms with E-state index < -0.39 is 0 Å². The fourth-order valence-electron chi connectivity index (χ4n) is 1.17. The summed E-state index contributed by atoms with van der Waals surface area (Å²) in [5.41, 5.74) is 0. The van der Waals surface area contributed by atoms with E-state index in [1.165, 1.54) is 6.47 Å². The van der Waals surface area contributed by atoms with Gasteiger partial charge in [0.25, 0.3) is 0 Å². The van der Waals surface area contributed by atoms with Crippen LogP contribution in [-0.4, -0.2) is 38.3 Å². The van der Waals surface area contributed by atoms with E-state index in [-0.39, 0.29) is 12.1 Å². The Balaban J connectivity index is 2.26. The fraction of sp³-hybridized carbons (Fsp3) is 0.857. The van der Waals surface area contributed by atoms with E-state index >= 15 is 0 Å². The van der Waals surface area contributed by atoms with E-state index in [1.54, 1.807) is 0 Å². The maximum Gasteiger partial charge on any atom is 0.417 e. The van der Waals surface area contributed by atoms with E-state index in [0.29, 0.717) is 0 Å². The summed E-state index contributed by atoms with van der Waals surface area (Å²) in [6, 6.07) is 0.227. The van der Waals surface area contributed by atoms with Crippen molar-refractivity contribution in [3.63, 3.8) is 0 Å². The molecule has 11 heavy (non-hydrogen) atoms. The highest BCUT2D eigenvalue weighted by atomic mass is 16.5. The molecule has 2 atom stereocenters. The van der Waals surface area contributed by atoms with Crippen LogP contribution in [0.15, 0.2) is 0 Å². The van der Waals surface area contributed by atoms with Crippen LogP contribution >= 0.6 is 0 Å². The topological polar surface area (TPSA) is 50.4 Å². The van der Waals surface area contributed by atoms with Gasteiger partial charge in [-0.1, -0.05) is 0 Å². The highest BCUT2D eigenvalue weighted by molar-refractivity contribution is 5.38. The third-order valence-electron chi connectivity index (χ3n) is 1.87. The molecule has 1 fully saturated rings. The monoisotopic (exact) mass is 157 g/mol. The predicted octanol–water partition coefficient (Wildman–Crippen LogP) is -0.980. The zero-order valence-electron chi connectivity index (χ0n) is 6.59. The van der Waals surface area contributed by atoms with Crippen LogP contribution < -0.4 is 10.6 Å². The number of hydrogen-bond acceptors (Lipinski definition) is 4. The molecule has 1 heterocycles. The second-order valence-electron chi connectivity index (χ2n) is 2.67. The third-order valence-corrected chi connectivity index (χ3v) is 1.87. The van der Waals surface area contributed by atoms with Gasteiger partial charge in [0.1, 0.15) is 6.10 Å². The minimum atomic E-state index is -0.0969. The summed E-state index contributed by atoms with van der Waals surface area (Å²) in [6.45, 7) is 6.06. The summed E-state index contributed by atoms with van der Waals surface area (Å²) in [5.74, 6) is 0. The average Bonchev–Trinajstić information content (AvgIpc) is 2.07. The largest absolute Gasteiger partial charge is 0.453 e. The molecule has 0 saturated carbocycles. The van der Waals surface area contributed by atoms with E-state index in [0.717, 1.165) is 19.6 Å². The van der Waals surface area contributed by atoms with Gasteiger partial charge in [0.2, 0.25) is 0 Å². The van der Waals surface area contributed by atoms with Crippen LogP contribution in [-0.2, 0) is 9.53 Å². The van der Waals surface area contributed by atoms with E-state index in [9.17, 15) is 4.79 Å². The minimum absolute atomic E-state index is 0.0969. The van der Waals surface area contributed by atoms with Gasteiger partial charge in [0.15, 0.2) is 0 Å².